The Morgan fingerprint density at radius 3 is 2.22 bits per heavy atom. The predicted molar refractivity (Wildman–Crippen MR) is 84.9 cm³/mol. The van der Waals surface area contributed by atoms with E-state index in [-0.39, 0.29) is 18.1 Å². The van der Waals surface area contributed by atoms with Gasteiger partial charge in [0.05, 0.1) is 13.2 Å². The third-order valence-corrected chi connectivity index (χ3v) is 4.26. The first-order valence-corrected chi connectivity index (χ1v) is 8.00. The van der Waals surface area contributed by atoms with Crippen LogP contribution in [0.2, 0.25) is 0 Å². The number of rotatable bonds is 8. The molecule has 0 bridgehead atoms. The molecule has 1 fully saturated rings. The molecule has 0 amide bonds. The molecule has 1 saturated carbocycles. The first-order chi connectivity index (χ1) is 11.2. The van der Waals surface area contributed by atoms with Crippen molar-refractivity contribution in [3.63, 3.8) is 0 Å². The quantitative estimate of drug-likeness (QED) is 0.525. The summed E-state index contributed by atoms with van der Waals surface area (Å²) >= 11 is 0. The topological polar surface area (TPSA) is 27.7 Å². The Morgan fingerprint density at radius 1 is 1.04 bits per heavy atom. The van der Waals surface area contributed by atoms with Crippen LogP contribution in [0.3, 0.4) is 0 Å². The van der Waals surface area contributed by atoms with E-state index >= 15 is 0 Å². The van der Waals surface area contributed by atoms with Crippen molar-refractivity contribution in [2.45, 2.75) is 25.7 Å². The fraction of sp³-hybridized carbons (Fsp3) is 0.556. The summed E-state index contributed by atoms with van der Waals surface area (Å²) in [6.07, 6.45) is 6.22. The molecule has 0 aliphatic heterocycles. The van der Waals surface area contributed by atoms with Crippen LogP contribution >= 0.6 is 0 Å². The van der Waals surface area contributed by atoms with E-state index in [0.29, 0.717) is 25.0 Å². The van der Waals surface area contributed by atoms with Gasteiger partial charge in [-0.15, -0.1) is 6.58 Å². The fourth-order valence-electron chi connectivity index (χ4n) is 2.77. The molecule has 1 aromatic carbocycles. The average molecular weight is 326 g/mol. The number of halogens is 2. The summed E-state index contributed by atoms with van der Waals surface area (Å²) in [5.41, 5.74) is 0. The zero-order chi connectivity index (χ0) is 16.7. The van der Waals surface area contributed by atoms with Gasteiger partial charge in [-0.2, -0.15) is 8.78 Å². The van der Waals surface area contributed by atoms with Gasteiger partial charge >= 0.3 is 0 Å². The van der Waals surface area contributed by atoms with E-state index in [1.807, 2.05) is 6.08 Å². The molecule has 0 N–H and O–H groups in total. The Hall–Kier alpha value is -1.62. The van der Waals surface area contributed by atoms with Crippen LogP contribution in [0.1, 0.15) is 25.7 Å². The summed E-state index contributed by atoms with van der Waals surface area (Å²) in [6, 6.07) is 2.80. The zero-order valence-electron chi connectivity index (χ0n) is 13.5. The van der Waals surface area contributed by atoms with Gasteiger partial charge in [-0.1, -0.05) is 6.08 Å². The summed E-state index contributed by atoms with van der Waals surface area (Å²) < 4.78 is 43.4. The Kier molecular flexibility index (Phi) is 6.84. The van der Waals surface area contributed by atoms with E-state index in [1.54, 1.807) is 0 Å². The standard InChI is InChI=1S/C18H24F2O3/c1-3-13-4-6-14(7-5-13)12-23-16-9-8-15(17(19)18(16)20)22-11-10-21-2/h3,8-9,13-14H,1,4-7,10-12H2,2H3. The van der Waals surface area contributed by atoms with Gasteiger partial charge in [0.2, 0.25) is 11.6 Å². The van der Waals surface area contributed by atoms with Gasteiger partial charge in [0.25, 0.3) is 0 Å². The van der Waals surface area contributed by atoms with Crippen molar-refractivity contribution in [3.05, 3.63) is 36.4 Å². The van der Waals surface area contributed by atoms with Gasteiger partial charge in [-0.25, -0.2) is 0 Å². The van der Waals surface area contributed by atoms with Crippen molar-refractivity contribution < 1.29 is 23.0 Å². The van der Waals surface area contributed by atoms with Gasteiger partial charge in [0.15, 0.2) is 11.5 Å². The smallest absolute Gasteiger partial charge is 0.204 e. The lowest BCUT2D eigenvalue weighted by Gasteiger charge is -2.26. The highest BCUT2D eigenvalue weighted by Crippen LogP contribution is 2.31. The Bertz CT molecular complexity index is 511. The van der Waals surface area contributed by atoms with E-state index in [1.165, 1.54) is 19.2 Å². The second-order valence-electron chi connectivity index (χ2n) is 5.86. The normalized spacial score (nSPS) is 21.0. The predicted octanol–water partition coefficient (Wildman–Crippen LogP) is 4.36. The van der Waals surface area contributed by atoms with E-state index < -0.39 is 11.6 Å². The second-order valence-corrected chi connectivity index (χ2v) is 5.86. The molecule has 1 aromatic rings. The van der Waals surface area contributed by atoms with Crippen LogP contribution in [-0.2, 0) is 4.74 Å². The Labute approximate surface area is 136 Å². The Morgan fingerprint density at radius 2 is 1.65 bits per heavy atom. The van der Waals surface area contributed by atoms with Gasteiger partial charge in [-0.05, 0) is 49.7 Å². The van der Waals surface area contributed by atoms with Crippen LogP contribution in [0.25, 0.3) is 0 Å². The van der Waals surface area contributed by atoms with Crippen LogP contribution in [0.5, 0.6) is 11.5 Å². The maximum absolute atomic E-state index is 14.0. The lowest BCUT2D eigenvalue weighted by Crippen LogP contribution is -2.19. The van der Waals surface area contributed by atoms with E-state index in [4.69, 9.17) is 14.2 Å². The molecule has 0 spiro atoms. The third-order valence-electron chi connectivity index (χ3n) is 4.26. The largest absolute Gasteiger partial charge is 0.490 e. The van der Waals surface area contributed by atoms with Crippen molar-refractivity contribution in [2.75, 3.05) is 26.9 Å². The van der Waals surface area contributed by atoms with Crippen LogP contribution < -0.4 is 9.47 Å². The maximum Gasteiger partial charge on any atom is 0.204 e. The highest BCUT2D eigenvalue weighted by Gasteiger charge is 2.21. The summed E-state index contributed by atoms with van der Waals surface area (Å²) in [4.78, 5) is 0. The maximum atomic E-state index is 14.0. The number of benzene rings is 1. The molecule has 128 valence electrons. The van der Waals surface area contributed by atoms with Gasteiger partial charge < -0.3 is 14.2 Å². The molecular weight excluding hydrogens is 302 g/mol. The lowest BCUT2D eigenvalue weighted by molar-refractivity contribution is 0.142. The average Bonchev–Trinajstić information content (AvgIpc) is 2.58. The second kappa shape index (κ2) is 8.87. The van der Waals surface area contributed by atoms with E-state index in [9.17, 15) is 8.78 Å². The molecule has 0 aromatic heterocycles. The molecule has 0 heterocycles. The van der Waals surface area contributed by atoms with Gasteiger partial charge in [0, 0.05) is 7.11 Å². The van der Waals surface area contributed by atoms with E-state index in [0.717, 1.165) is 25.7 Å². The molecule has 23 heavy (non-hydrogen) atoms. The monoisotopic (exact) mass is 326 g/mol. The van der Waals surface area contributed by atoms with Crippen LogP contribution in [0, 0.1) is 23.5 Å². The molecule has 5 heteroatoms. The van der Waals surface area contributed by atoms with Crippen LogP contribution in [-0.4, -0.2) is 26.9 Å². The Balaban J connectivity index is 1.88. The molecular formula is C18H24F2O3. The molecule has 0 atom stereocenters. The zero-order valence-corrected chi connectivity index (χ0v) is 13.5. The molecule has 1 aliphatic carbocycles. The number of methoxy groups -OCH3 is 1. The molecule has 0 saturated heterocycles. The number of hydrogen-bond acceptors (Lipinski definition) is 3. The van der Waals surface area contributed by atoms with E-state index in [2.05, 4.69) is 6.58 Å². The van der Waals surface area contributed by atoms with Crippen molar-refractivity contribution in [3.8, 4) is 11.5 Å². The first-order valence-electron chi connectivity index (χ1n) is 8.00. The fourth-order valence-corrected chi connectivity index (χ4v) is 2.77. The highest BCUT2D eigenvalue weighted by molar-refractivity contribution is 5.35. The molecule has 2 rings (SSSR count). The van der Waals surface area contributed by atoms with Crippen molar-refractivity contribution in [1.29, 1.82) is 0 Å². The molecule has 0 unspecified atom stereocenters. The molecule has 3 nitrogen and oxygen atoms in total. The molecule has 1 aliphatic rings. The number of allylic oxidation sites excluding steroid dienone is 1. The van der Waals surface area contributed by atoms with Gasteiger partial charge in [-0.3, -0.25) is 0 Å². The summed E-state index contributed by atoms with van der Waals surface area (Å²) in [5.74, 6) is -1.25. The summed E-state index contributed by atoms with van der Waals surface area (Å²) in [5, 5.41) is 0. The summed E-state index contributed by atoms with van der Waals surface area (Å²) in [6.45, 7) is 4.70. The minimum atomic E-state index is -1.02. The van der Waals surface area contributed by atoms with Crippen molar-refractivity contribution >= 4 is 0 Å². The number of hydrogen-bond donors (Lipinski definition) is 0. The van der Waals surface area contributed by atoms with Crippen LogP contribution in [0.15, 0.2) is 24.8 Å². The first kappa shape index (κ1) is 17.7. The lowest BCUT2D eigenvalue weighted by atomic mass is 9.82. The highest BCUT2D eigenvalue weighted by atomic mass is 19.2. The van der Waals surface area contributed by atoms with Crippen LogP contribution in [0.4, 0.5) is 8.78 Å². The number of ether oxygens (including phenoxy) is 3. The summed E-state index contributed by atoms with van der Waals surface area (Å²) in [7, 11) is 1.51. The minimum Gasteiger partial charge on any atom is -0.490 e. The molecule has 0 radical (unpaired) electrons. The SMILES string of the molecule is C=CC1CCC(COc2ccc(OCCOC)c(F)c2F)CC1. The minimum absolute atomic E-state index is 0.0626. The third kappa shape index (κ3) is 4.93. The van der Waals surface area contributed by atoms with Gasteiger partial charge in [0.1, 0.15) is 6.61 Å². The van der Waals surface area contributed by atoms with Crippen molar-refractivity contribution in [2.24, 2.45) is 11.8 Å². The van der Waals surface area contributed by atoms with Crippen molar-refractivity contribution in [1.82, 2.24) is 0 Å².